The van der Waals surface area contributed by atoms with Gasteiger partial charge in [-0.25, -0.2) is 9.97 Å². The lowest BCUT2D eigenvalue weighted by Crippen LogP contribution is -2.31. The van der Waals surface area contributed by atoms with Gasteiger partial charge in [-0.15, -0.1) is 0 Å². The Morgan fingerprint density at radius 2 is 2.08 bits per heavy atom. The summed E-state index contributed by atoms with van der Waals surface area (Å²) in [4.78, 5) is 35.0. The van der Waals surface area contributed by atoms with Crippen molar-refractivity contribution in [2.75, 3.05) is 6.54 Å². The number of H-pyrrole nitrogens is 1. The van der Waals surface area contributed by atoms with Crippen molar-refractivity contribution in [1.82, 2.24) is 24.8 Å². The van der Waals surface area contributed by atoms with Crippen molar-refractivity contribution >= 4 is 5.91 Å². The molecule has 7 nitrogen and oxygen atoms in total. The molecule has 1 aromatic carbocycles. The highest BCUT2D eigenvalue weighted by molar-refractivity contribution is 5.93. The van der Waals surface area contributed by atoms with Crippen LogP contribution in [-0.4, -0.2) is 32.0 Å². The Kier molecular flexibility index (Phi) is 4.81. The predicted molar refractivity (Wildman–Crippen MR) is 89.5 cm³/mol. The standard InChI is InChI=1S/C17H17N5O2/c23-16(19-7-4-9-22-10-8-18-12-22)14-11-20-15(21-17(14)24)13-5-2-1-3-6-13/h1-3,5-6,8,10-12H,4,7,9H2,(H,19,23)(H,20,21,24). The monoisotopic (exact) mass is 323 g/mol. The quantitative estimate of drug-likeness (QED) is 0.672. The van der Waals surface area contributed by atoms with Gasteiger partial charge in [0, 0.05) is 37.2 Å². The molecule has 2 aromatic heterocycles. The molecule has 7 heteroatoms. The van der Waals surface area contributed by atoms with E-state index in [2.05, 4.69) is 20.3 Å². The van der Waals surface area contributed by atoms with Crippen molar-refractivity contribution in [3.8, 4) is 11.4 Å². The molecule has 0 aliphatic carbocycles. The number of imidazole rings is 1. The topological polar surface area (TPSA) is 92.7 Å². The van der Waals surface area contributed by atoms with Crippen molar-refractivity contribution in [3.63, 3.8) is 0 Å². The third-order valence-electron chi connectivity index (χ3n) is 3.53. The van der Waals surface area contributed by atoms with Gasteiger partial charge >= 0.3 is 0 Å². The summed E-state index contributed by atoms with van der Waals surface area (Å²) in [5.74, 6) is 0.0197. The first kappa shape index (κ1) is 15.7. The zero-order valence-electron chi connectivity index (χ0n) is 13.0. The predicted octanol–water partition coefficient (Wildman–Crippen LogP) is 1.45. The molecule has 24 heavy (non-hydrogen) atoms. The number of hydrogen-bond acceptors (Lipinski definition) is 4. The van der Waals surface area contributed by atoms with E-state index in [1.165, 1.54) is 6.20 Å². The van der Waals surface area contributed by atoms with Gasteiger partial charge in [0.1, 0.15) is 11.4 Å². The van der Waals surface area contributed by atoms with Gasteiger partial charge < -0.3 is 14.9 Å². The summed E-state index contributed by atoms with van der Waals surface area (Å²) in [6.07, 6.45) is 7.34. The van der Waals surface area contributed by atoms with Crippen LogP contribution in [0.1, 0.15) is 16.8 Å². The maximum atomic E-state index is 12.1. The first-order valence-electron chi connectivity index (χ1n) is 7.63. The largest absolute Gasteiger partial charge is 0.352 e. The summed E-state index contributed by atoms with van der Waals surface area (Å²) in [5, 5.41) is 2.73. The molecule has 1 amide bonds. The van der Waals surface area contributed by atoms with Crippen LogP contribution in [0.4, 0.5) is 0 Å². The Labute approximate surface area is 138 Å². The third-order valence-corrected chi connectivity index (χ3v) is 3.53. The fourth-order valence-corrected chi connectivity index (χ4v) is 2.28. The van der Waals surface area contributed by atoms with Crippen molar-refractivity contribution in [2.24, 2.45) is 0 Å². The number of amides is 1. The molecule has 0 unspecified atom stereocenters. The Morgan fingerprint density at radius 3 is 2.79 bits per heavy atom. The molecular weight excluding hydrogens is 306 g/mol. The molecule has 0 saturated carbocycles. The molecule has 2 heterocycles. The van der Waals surface area contributed by atoms with E-state index < -0.39 is 11.5 Å². The molecule has 0 spiro atoms. The summed E-state index contributed by atoms with van der Waals surface area (Å²) < 4.78 is 1.93. The summed E-state index contributed by atoms with van der Waals surface area (Å²) >= 11 is 0. The number of carbonyl (C=O) groups excluding carboxylic acids is 1. The summed E-state index contributed by atoms with van der Waals surface area (Å²) in [6, 6.07) is 9.28. The van der Waals surface area contributed by atoms with Gasteiger partial charge in [0.15, 0.2) is 0 Å². The van der Waals surface area contributed by atoms with E-state index in [1.807, 2.05) is 41.1 Å². The van der Waals surface area contributed by atoms with Gasteiger partial charge in [0.05, 0.1) is 6.33 Å². The van der Waals surface area contributed by atoms with Gasteiger partial charge in [-0.3, -0.25) is 9.59 Å². The van der Waals surface area contributed by atoms with Gasteiger partial charge in [-0.05, 0) is 6.42 Å². The highest BCUT2D eigenvalue weighted by Gasteiger charge is 2.11. The second-order valence-corrected chi connectivity index (χ2v) is 5.25. The molecule has 0 atom stereocenters. The molecule has 0 bridgehead atoms. The van der Waals surface area contributed by atoms with Crippen LogP contribution in [0.5, 0.6) is 0 Å². The second kappa shape index (κ2) is 7.36. The van der Waals surface area contributed by atoms with Gasteiger partial charge in [-0.1, -0.05) is 30.3 Å². The maximum absolute atomic E-state index is 12.1. The van der Waals surface area contributed by atoms with Gasteiger partial charge in [0.25, 0.3) is 11.5 Å². The van der Waals surface area contributed by atoms with Gasteiger partial charge in [-0.2, -0.15) is 0 Å². The Hall–Kier alpha value is -3.22. The zero-order valence-corrected chi connectivity index (χ0v) is 13.0. The van der Waals surface area contributed by atoms with E-state index in [9.17, 15) is 9.59 Å². The van der Waals surface area contributed by atoms with Gasteiger partial charge in [0.2, 0.25) is 0 Å². The van der Waals surface area contributed by atoms with Crippen LogP contribution in [0, 0.1) is 0 Å². The minimum absolute atomic E-state index is 0.0114. The third kappa shape index (κ3) is 3.75. The molecule has 0 aliphatic rings. The normalized spacial score (nSPS) is 10.5. The number of aromatic nitrogens is 4. The van der Waals surface area contributed by atoms with Crippen LogP contribution < -0.4 is 10.9 Å². The molecule has 0 saturated heterocycles. The molecule has 0 aliphatic heterocycles. The summed E-state index contributed by atoms with van der Waals surface area (Å²) in [6.45, 7) is 1.22. The molecule has 0 radical (unpaired) electrons. The van der Waals surface area contributed by atoms with E-state index in [4.69, 9.17) is 0 Å². The lowest BCUT2D eigenvalue weighted by atomic mass is 10.2. The number of aryl methyl sites for hydroxylation is 1. The van der Waals surface area contributed by atoms with E-state index in [1.54, 1.807) is 12.5 Å². The lowest BCUT2D eigenvalue weighted by Gasteiger charge is -2.06. The Balaban J connectivity index is 1.60. The molecular formula is C17H17N5O2. The average Bonchev–Trinajstić information content (AvgIpc) is 3.12. The SMILES string of the molecule is O=C(NCCCn1ccnc1)c1cnc(-c2ccccc2)[nH]c1=O. The Bertz CT molecular complexity index is 856. The number of carbonyl (C=O) groups is 1. The van der Waals surface area contributed by atoms with Crippen molar-refractivity contribution in [3.05, 3.63) is 71.2 Å². The molecule has 2 N–H and O–H groups in total. The fourth-order valence-electron chi connectivity index (χ4n) is 2.28. The minimum atomic E-state index is -0.448. The first-order chi connectivity index (χ1) is 11.7. The first-order valence-corrected chi connectivity index (χ1v) is 7.63. The number of rotatable bonds is 6. The van der Waals surface area contributed by atoms with Crippen LogP contribution in [0.2, 0.25) is 0 Å². The van der Waals surface area contributed by atoms with E-state index >= 15 is 0 Å². The number of nitrogens with one attached hydrogen (secondary N) is 2. The van der Waals surface area contributed by atoms with Crippen LogP contribution in [-0.2, 0) is 6.54 Å². The second-order valence-electron chi connectivity index (χ2n) is 5.25. The summed E-state index contributed by atoms with van der Waals surface area (Å²) in [5.41, 5.74) is 0.357. The van der Waals surface area contributed by atoms with Crippen LogP contribution in [0.25, 0.3) is 11.4 Å². The average molecular weight is 323 g/mol. The van der Waals surface area contributed by atoms with Crippen molar-refractivity contribution < 1.29 is 4.79 Å². The smallest absolute Gasteiger partial charge is 0.264 e. The lowest BCUT2D eigenvalue weighted by molar-refractivity contribution is 0.0951. The van der Waals surface area contributed by atoms with Crippen LogP contribution in [0.15, 0.2) is 60.0 Å². The highest BCUT2D eigenvalue weighted by Crippen LogP contribution is 2.11. The Morgan fingerprint density at radius 1 is 1.25 bits per heavy atom. The fraction of sp³-hybridized carbons (Fsp3) is 0.176. The van der Waals surface area contributed by atoms with E-state index in [-0.39, 0.29) is 5.56 Å². The van der Waals surface area contributed by atoms with E-state index in [0.717, 1.165) is 18.5 Å². The van der Waals surface area contributed by atoms with Crippen LogP contribution >= 0.6 is 0 Å². The molecule has 3 aromatic rings. The zero-order chi connectivity index (χ0) is 16.8. The van der Waals surface area contributed by atoms with Crippen molar-refractivity contribution in [1.29, 1.82) is 0 Å². The number of hydrogen-bond donors (Lipinski definition) is 2. The number of benzene rings is 1. The maximum Gasteiger partial charge on any atom is 0.264 e. The summed E-state index contributed by atoms with van der Waals surface area (Å²) in [7, 11) is 0. The molecule has 3 rings (SSSR count). The molecule has 0 fully saturated rings. The highest BCUT2D eigenvalue weighted by atomic mass is 16.2. The number of aromatic amines is 1. The van der Waals surface area contributed by atoms with Crippen LogP contribution in [0.3, 0.4) is 0 Å². The minimum Gasteiger partial charge on any atom is -0.352 e. The van der Waals surface area contributed by atoms with E-state index in [0.29, 0.717) is 12.4 Å². The number of nitrogens with zero attached hydrogens (tertiary/aromatic N) is 3. The van der Waals surface area contributed by atoms with Crippen molar-refractivity contribution in [2.45, 2.75) is 13.0 Å². The molecule has 122 valence electrons.